The van der Waals surface area contributed by atoms with Gasteiger partial charge in [0.15, 0.2) is 0 Å². The zero-order chi connectivity index (χ0) is 20.7. The van der Waals surface area contributed by atoms with Gasteiger partial charge >= 0.3 is 0 Å². The van der Waals surface area contributed by atoms with Crippen molar-refractivity contribution in [3.05, 3.63) is 60.4 Å². The third-order valence-corrected chi connectivity index (χ3v) is 5.58. The topological polar surface area (TPSA) is 69.7 Å². The number of nitrogens with one attached hydrogen (secondary N) is 1. The third kappa shape index (κ3) is 5.95. The van der Waals surface area contributed by atoms with Crippen LogP contribution in [0.3, 0.4) is 0 Å². The molecule has 0 aliphatic heterocycles. The van der Waals surface area contributed by atoms with Gasteiger partial charge in [0.2, 0.25) is 15.9 Å². The molecule has 0 radical (unpaired) electrons. The Morgan fingerprint density at radius 3 is 2.25 bits per heavy atom. The van der Waals surface area contributed by atoms with Crippen LogP contribution in [0.5, 0.6) is 0 Å². The van der Waals surface area contributed by atoms with Gasteiger partial charge in [-0.2, -0.15) is 0 Å². The number of hydrogen-bond acceptors (Lipinski definition) is 4. The van der Waals surface area contributed by atoms with E-state index in [0.29, 0.717) is 13.0 Å². The summed E-state index contributed by atoms with van der Waals surface area (Å²) in [4.78, 5) is 14.6. The molecular weight excluding hydrogens is 381 g/mol. The highest BCUT2D eigenvalue weighted by Crippen LogP contribution is 2.21. The fourth-order valence-electron chi connectivity index (χ4n) is 2.88. The summed E-state index contributed by atoms with van der Waals surface area (Å²) in [6.07, 6.45) is 1.73. The summed E-state index contributed by atoms with van der Waals surface area (Å²) < 4.78 is 38.5. The minimum Gasteiger partial charge on any atom is -0.375 e. The smallest absolute Gasteiger partial charge is 0.243 e. The summed E-state index contributed by atoms with van der Waals surface area (Å²) in [5.74, 6) is -0.881. The van der Waals surface area contributed by atoms with Gasteiger partial charge in [-0.25, -0.2) is 12.8 Å². The Kier molecular flexibility index (Phi) is 7.39. The summed E-state index contributed by atoms with van der Waals surface area (Å²) in [5, 5.41) is 2.78. The second kappa shape index (κ2) is 9.54. The molecule has 0 heterocycles. The number of carbonyl (C=O) groups is 1. The van der Waals surface area contributed by atoms with Crippen LogP contribution < -0.4 is 14.5 Å². The van der Waals surface area contributed by atoms with E-state index in [9.17, 15) is 17.6 Å². The normalized spacial score (nSPS) is 12.3. The minimum absolute atomic E-state index is 0.246. The molecule has 2 aromatic rings. The number of hydrogen-bond donors (Lipinski definition) is 1. The van der Waals surface area contributed by atoms with Gasteiger partial charge in [-0.3, -0.25) is 9.10 Å². The number of rotatable bonds is 9. The molecule has 0 spiro atoms. The van der Waals surface area contributed by atoms with Crippen molar-refractivity contribution in [2.75, 3.05) is 35.6 Å². The van der Waals surface area contributed by atoms with Crippen molar-refractivity contribution in [1.29, 1.82) is 0 Å². The summed E-state index contributed by atoms with van der Waals surface area (Å²) in [6.45, 7) is 2.67. The molecule has 0 saturated carbocycles. The molecule has 28 heavy (non-hydrogen) atoms. The van der Waals surface area contributed by atoms with Crippen LogP contribution in [0.15, 0.2) is 54.6 Å². The SMILES string of the molecule is C[C@H](C(=O)NCCCN(C)c1ccccc1)N(c1ccc(F)cc1)S(C)(=O)=O. The molecule has 1 amide bonds. The van der Waals surface area contributed by atoms with E-state index >= 15 is 0 Å². The first-order chi connectivity index (χ1) is 13.2. The van der Waals surface area contributed by atoms with Gasteiger partial charge in [-0.05, 0) is 49.7 Å². The Balaban J connectivity index is 1.93. The summed E-state index contributed by atoms with van der Waals surface area (Å²) in [7, 11) is -1.74. The lowest BCUT2D eigenvalue weighted by Gasteiger charge is -2.28. The van der Waals surface area contributed by atoms with Crippen molar-refractivity contribution >= 4 is 27.3 Å². The average molecular weight is 408 g/mol. The molecule has 0 unspecified atom stereocenters. The zero-order valence-electron chi connectivity index (χ0n) is 16.3. The summed E-state index contributed by atoms with van der Waals surface area (Å²) in [5.41, 5.74) is 1.33. The molecule has 2 rings (SSSR count). The van der Waals surface area contributed by atoms with Crippen LogP contribution in [0.25, 0.3) is 0 Å². The molecule has 1 atom stereocenters. The van der Waals surface area contributed by atoms with Gasteiger partial charge in [-0.1, -0.05) is 18.2 Å². The molecule has 152 valence electrons. The third-order valence-electron chi connectivity index (χ3n) is 4.34. The molecule has 0 aliphatic carbocycles. The van der Waals surface area contributed by atoms with Crippen LogP contribution in [0, 0.1) is 5.82 Å². The quantitative estimate of drug-likeness (QED) is 0.649. The van der Waals surface area contributed by atoms with Gasteiger partial charge in [0, 0.05) is 25.8 Å². The van der Waals surface area contributed by atoms with E-state index < -0.39 is 27.8 Å². The number of halogens is 1. The predicted octanol–water partition coefficient (Wildman–Crippen LogP) is 2.62. The fourth-order valence-corrected chi connectivity index (χ4v) is 4.06. The lowest BCUT2D eigenvalue weighted by molar-refractivity contribution is -0.121. The molecule has 0 aromatic heterocycles. The molecule has 8 heteroatoms. The second-order valence-corrected chi connectivity index (χ2v) is 8.47. The second-order valence-electron chi connectivity index (χ2n) is 6.61. The lowest BCUT2D eigenvalue weighted by atomic mass is 10.2. The molecule has 0 bridgehead atoms. The highest BCUT2D eigenvalue weighted by atomic mass is 32.2. The largest absolute Gasteiger partial charge is 0.375 e. The lowest BCUT2D eigenvalue weighted by Crippen LogP contribution is -2.48. The van der Waals surface area contributed by atoms with Crippen molar-refractivity contribution in [3.8, 4) is 0 Å². The zero-order valence-corrected chi connectivity index (χ0v) is 17.1. The van der Waals surface area contributed by atoms with Crippen LogP contribution in [-0.2, 0) is 14.8 Å². The number of anilines is 2. The average Bonchev–Trinajstić information content (AvgIpc) is 2.66. The molecular formula is C20H26FN3O3S. The van der Waals surface area contributed by atoms with E-state index in [4.69, 9.17) is 0 Å². The van der Waals surface area contributed by atoms with Gasteiger partial charge in [0.25, 0.3) is 0 Å². The maximum absolute atomic E-state index is 13.1. The Bertz CT molecular complexity index is 873. The number of amides is 1. The highest BCUT2D eigenvalue weighted by molar-refractivity contribution is 7.92. The standard InChI is InChI=1S/C20H26FN3O3S/c1-16(24(28(3,26)27)19-12-10-17(21)11-13-19)20(25)22-14-7-15-23(2)18-8-5-4-6-9-18/h4-6,8-13,16H,7,14-15H2,1-3H3,(H,22,25)/t16-/m1/s1. The van der Waals surface area contributed by atoms with Gasteiger partial charge in [0.1, 0.15) is 11.9 Å². The summed E-state index contributed by atoms with van der Waals surface area (Å²) in [6, 6.07) is 14.0. The Hall–Kier alpha value is -2.61. The van der Waals surface area contributed by atoms with Gasteiger partial charge in [0.05, 0.1) is 11.9 Å². The van der Waals surface area contributed by atoms with Crippen LogP contribution >= 0.6 is 0 Å². The van der Waals surface area contributed by atoms with Crippen molar-refractivity contribution in [2.45, 2.75) is 19.4 Å². The number of carbonyl (C=O) groups excluding carboxylic acids is 1. The minimum atomic E-state index is -3.71. The Labute approximate surface area is 166 Å². The van der Waals surface area contributed by atoms with Crippen molar-refractivity contribution in [1.82, 2.24) is 5.32 Å². The Morgan fingerprint density at radius 1 is 1.07 bits per heavy atom. The molecule has 0 fully saturated rings. The van der Waals surface area contributed by atoms with Crippen molar-refractivity contribution < 1.29 is 17.6 Å². The first-order valence-electron chi connectivity index (χ1n) is 8.99. The first kappa shape index (κ1) is 21.7. The van der Waals surface area contributed by atoms with Gasteiger partial charge < -0.3 is 10.2 Å². The molecule has 0 saturated heterocycles. The predicted molar refractivity (Wildman–Crippen MR) is 111 cm³/mol. The van der Waals surface area contributed by atoms with Crippen molar-refractivity contribution in [3.63, 3.8) is 0 Å². The van der Waals surface area contributed by atoms with Crippen LogP contribution in [0.2, 0.25) is 0 Å². The van der Waals surface area contributed by atoms with Crippen LogP contribution in [0.4, 0.5) is 15.8 Å². The molecule has 1 N–H and O–H groups in total. The van der Waals surface area contributed by atoms with E-state index in [2.05, 4.69) is 10.2 Å². The van der Waals surface area contributed by atoms with Crippen LogP contribution in [-0.4, -0.2) is 46.8 Å². The number of benzene rings is 2. The summed E-state index contributed by atoms with van der Waals surface area (Å²) >= 11 is 0. The first-order valence-corrected chi connectivity index (χ1v) is 10.8. The maximum atomic E-state index is 13.1. The monoisotopic (exact) mass is 407 g/mol. The molecule has 6 nitrogen and oxygen atoms in total. The molecule has 2 aromatic carbocycles. The Morgan fingerprint density at radius 2 is 1.68 bits per heavy atom. The van der Waals surface area contributed by atoms with E-state index in [1.807, 2.05) is 37.4 Å². The number of para-hydroxylation sites is 1. The van der Waals surface area contributed by atoms with E-state index in [0.717, 1.165) is 34.9 Å². The highest BCUT2D eigenvalue weighted by Gasteiger charge is 2.28. The van der Waals surface area contributed by atoms with Crippen LogP contribution in [0.1, 0.15) is 13.3 Å². The molecule has 0 aliphatic rings. The number of sulfonamides is 1. The fraction of sp³-hybridized carbons (Fsp3) is 0.350. The number of nitrogens with zero attached hydrogens (tertiary/aromatic N) is 2. The maximum Gasteiger partial charge on any atom is 0.243 e. The van der Waals surface area contributed by atoms with Crippen molar-refractivity contribution in [2.24, 2.45) is 0 Å². The van der Waals surface area contributed by atoms with E-state index in [1.165, 1.54) is 19.1 Å². The van der Waals surface area contributed by atoms with E-state index in [-0.39, 0.29) is 5.69 Å². The van der Waals surface area contributed by atoms with Gasteiger partial charge in [-0.15, -0.1) is 0 Å². The van der Waals surface area contributed by atoms with E-state index in [1.54, 1.807) is 0 Å².